The van der Waals surface area contributed by atoms with Gasteiger partial charge in [-0.15, -0.1) is 0 Å². The van der Waals surface area contributed by atoms with Crippen LogP contribution in [0.3, 0.4) is 0 Å². The summed E-state index contributed by atoms with van der Waals surface area (Å²) in [5, 5.41) is 4.14. The van der Waals surface area contributed by atoms with Crippen LogP contribution in [0.2, 0.25) is 10.0 Å². The predicted octanol–water partition coefficient (Wildman–Crippen LogP) is 5.26. The zero-order chi connectivity index (χ0) is 21.6. The second-order valence-corrected chi connectivity index (χ2v) is 8.93. The van der Waals surface area contributed by atoms with Crippen molar-refractivity contribution >= 4 is 35.0 Å². The van der Waals surface area contributed by atoms with Crippen LogP contribution in [-0.4, -0.2) is 28.3 Å². The van der Waals surface area contributed by atoms with Crippen LogP contribution in [0, 0.1) is 0 Å². The Morgan fingerprint density at radius 3 is 2.34 bits per heavy atom. The van der Waals surface area contributed by atoms with E-state index in [1.54, 1.807) is 23.1 Å². The number of nitrogens with zero attached hydrogens (tertiary/aromatic N) is 1. The van der Waals surface area contributed by atoms with Gasteiger partial charge >= 0.3 is 0 Å². The van der Waals surface area contributed by atoms with Gasteiger partial charge in [-0.3, -0.25) is 9.59 Å². The summed E-state index contributed by atoms with van der Waals surface area (Å²) in [6.07, 6.45) is 0.651. The van der Waals surface area contributed by atoms with Gasteiger partial charge < -0.3 is 10.2 Å². The highest BCUT2D eigenvalue weighted by atomic mass is 35.5. The lowest BCUT2D eigenvalue weighted by Gasteiger charge is -2.33. The molecule has 2 aromatic carbocycles. The fourth-order valence-corrected chi connectivity index (χ4v) is 3.51. The van der Waals surface area contributed by atoms with E-state index in [2.05, 4.69) is 5.32 Å². The topological polar surface area (TPSA) is 49.4 Å². The first-order chi connectivity index (χ1) is 13.6. The van der Waals surface area contributed by atoms with Crippen LogP contribution in [0.15, 0.2) is 48.5 Å². The molecule has 156 valence electrons. The lowest BCUT2D eigenvalue weighted by Crippen LogP contribution is -2.53. The molecule has 0 bridgehead atoms. The van der Waals surface area contributed by atoms with Crippen LogP contribution < -0.4 is 5.32 Å². The molecular weight excluding hydrogens is 407 g/mol. The maximum Gasteiger partial charge on any atom is 0.243 e. The average molecular weight is 435 g/mol. The van der Waals surface area contributed by atoms with Crippen molar-refractivity contribution in [2.24, 2.45) is 0 Å². The molecule has 1 atom stereocenters. The van der Waals surface area contributed by atoms with Gasteiger partial charge in [0.05, 0.1) is 6.42 Å². The number of carbonyl (C=O) groups excluding carboxylic acids is 2. The summed E-state index contributed by atoms with van der Waals surface area (Å²) in [7, 11) is 0. The Hall–Kier alpha value is -2.04. The molecule has 0 unspecified atom stereocenters. The molecule has 0 spiro atoms. The minimum absolute atomic E-state index is 0.150. The summed E-state index contributed by atoms with van der Waals surface area (Å²) in [5.74, 6) is -0.324. The zero-order valence-electron chi connectivity index (χ0n) is 17.3. The summed E-state index contributed by atoms with van der Waals surface area (Å²) < 4.78 is 0. The maximum atomic E-state index is 13.3. The van der Waals surface area contributed by atoms with Crippen molar-refractivity contribution in [2.75, 3.05) is 0 Å². The standard InChI is InChI=1S/C23H28Cl2N2O2/c1-5-20(22(29)26-23(2,3)4)27(15-17-10-6-7-12-19(17)25)21(28)14-16-9-8-11-18(24)13-16/h6-13,20H,5,14-15H2,1-4H3,(H,26,29)/t20-/m0/s1. The van der Waals surface area contributed by atoms with Crippen molar-refractivity contribution in [3.63, 3.8) is 0 Å². The fourth-order valence-electron chi connectivity index (χ4n) is 3.11. The highest BCUT2D eigenvalue weighted by molar-refractivity contribution is 6.31. The Labute approximate surface area is 183 Å². The SMILES string of the molecule is CC[C@@H](C(=O)NC(C)(C)C)N(Cc1ccccc1Cl)C(=O)Cc1cccc(Cl)c1. The van der Waals surface area contributed by atoms with Gasteiger partial charge in [-0.05, 0) is 56.5 Å². The molecule has 0 aromatic heterocycles. The van der Waals surface area contributed by atoms with Crippen molar-refractivity contribution in [1.29, 1.82) is 0 Å². The molecule has 6 heteroatoms. The average Bonchev–Trinajstić information content (AvgIpc) is 2.61. The molecule has 0 radical (unpaired) electrons. The third-order valence-electron chi connectivity index (χ3n) is 4.43. The van der Waals surface area contributed by atoms with E-state index in [4.69, 9.17) is 23.2 Å². The molecule has 0 fully saturated rings. The van der Waals surface area contributed by atoms with Gasteiger partial charge in [0.1, 0.15) is 6.04 Å². The summed E-state index contributed by atoms with van der Waals surface area (Å²) >= 11 is 12.4. The van der Waals surface area contributed by atoms with Crippen molar-refractivity contribution in [3.8, 4) is 0 Å². The maximum absolute atomic E-state index is 13.3. The van der Waals surface area contributed by atoms with Gasteiger partial charge in [0, 0.05) is 22.1 Å². The smallest absolute Gasteiger partial charge is 0.243 e. The third kappa shape index (κ3) is 7.06. The summed E-state index contributed by atoms with van der Waals surface area (Å²) in [6, 6.07) is 14.0. The van der Waals surface area contributed by atoms with Crippen molar-refractivity contribution in [3.05, 3.63) is 69.7 Å². The summed E-state index contributed by atoms with van der Waals surface area (Å²) in [5.41, 5.74) is 1.21. The molecule has 0 aliphatic rings. The second-order valence-electron chi connectivity index (χ2n) is 8.08. The number of nitrogens with one attached hydrogen (secondary N) is 1. The monoisotopic (exact) mass is 434 g/mol. The lowest BCUT2D eigenvalue weighted by molar-refractivity contribution is -0.141. The Morgan fingerprint density at radius 1 is 1.07 bits per heavy atom. The number of carbonyl (C=O) groups is 2. The van der Waals surface area contributed by atoms with E-state index in [0.29, 0.717) is 16.5 Å². The molecular formula is C23H28Cl2N2O2. The van der Waals surface area contributed by atoms with Gasteiger partial charge in [0.2, 0.25) is 11.8 Å². The predicted molar refractivity (Wildman–Crippen MR) is 119 cm³/mol. The molecule has 1 N–H and O–H groups in total. The summed E-state index contributed by atoms with van der Waals surface area (Å²) in [4.78, 5) is 27.8. The molecule has 2 aromatic rings. The van der Waals surface area contributed by atoms with Crippen LogP contribution in [0.4, 0.5) is 0 Å². The second kappa shape index (κ2) is 10.1. The van der Waals surface area contributed by atoms with E-state index in [1.165, 1.54) is 0 Å². The van der Waals surface area contributed by atoms with E-state index in [-0.39, 0.29) is 24.8 Å². The third-order valence-corrected chi connectivity index (χ3v) is 5.03. The van der Waals surface area contributed by atoms with Crippen molar-refractivity contribution in [1.82, 2.24) is 10.2 Å². The van der Waals surface area contributed by atoms with Crippen LogP contribution in [-0.2, 0) is 22.6 Å². The number of benzene rings is 2. The number of amides is 2. The normalized spacial score (nSPS) is 12.3. The highest BCUT2D eigenvalue weighted by Crippen LogP contribution is 2.21. The molecule has 4 nitrogen and oxygen atoms in total. The van der Waals surface area contributed by atoms with Gasteiger partial charge in [0.25, 0.3) is 0 Å². The molecule has 0 saturated carbocycles. The van der Waals surface area contributed by atoms with Gasteiger partial charge in [-0.25, -0.2) is 0 Å². The van der Waals surface area contributed by atoms with Gasteiger partial charge in [-0.2, -0.15) is 0 Å². The Morgan fingerprint density at radius 2 is 1.76 bits per heavy atom. The quantitative estimate of drug-likeness (QED) is 0.645. The molecule has 29 heavy (non-hydrogen) atoms. The Bertz CT molecular complexity index is 862. The lowest BCUT2D eigenvalue weighted by atomic mass is 10.0. The first kappa shape index (κ1) is 23.2. The van der Waals surface area contributed by atoms with Crippen molar-refractivity contribution in [2.45, 2.75) is 58.7 Å². The largest absolute Gasteiger partial charge is 0.350 e. The molecule has 0 aliphatic heterocycles. The Balaban J connectivity index is 2.34. The van der Waals surface area contributed by atoms with Gasteiger partial charge in [-0.1, -0.05) is 60.5 Å². The zero-order valence-corrected chi connectivity index (χ0v) is 18.8. The van der Waals surface area contributed by atoms with Crippen molar-refractivity contribution < 1.29 is 9.59 Å². The minimum Gasteiger partial charge on any atom is -0.350 e. The van der Waals surface area contributed by atoms with Gasteiger partial charge in [0.15, 0.2) is 0 Å². The summed E-state index contributed by atoms with van der Waals surface area (Å²) in [6.45, 7) is 7.92. The fraction of sp³-hybridized carbons (Fsp3) is 0.391. The first-order valence-corrected chi connectivity index (χ1v) is 10.5. The van der Waals surface area contributed by atoms with E-state index in [9.17, 15) is 9.59 Å². The number of hydrogen-bond donors (Lipinski definition) is 1. The molecule has 2 amide bonds. The highest BCUT2D eigenvalue weighted by Gasteiger charge is 2.31. The van der Waals surface area contributed by atoms with Crippen LogP contribution >= 0.6 is 23.2 Å². The molecule has 0 aliphatic carbocycles. The van der Waals surface area contributed by atoms with Crippen LogP contribution in [0.1, 0.15) is 45.2 Å². The van der Waals surface area contributed by atoms with Crippen LogP contribution in [0.25, 0.3) is 0 Å². The van der Waals surface area contributed by atoms with E-state index >= 15 is 0 Å². The first-order valence-electron chi connectivity index (χ1n) is 9.70. The number of rotatable bonds is 7. The number of hydrogen-bond acceptors (Lipinski definition) is 2. The molecule has 0 saturated heterocycles. The van der Waals surface area contributed by atoms with E-state index in [1.807, 2.05) is 58.0 Å². The number of halogens is 2. The molecule has 0 heterocycles. The minimum atomic E-state index is -0.600. The van der Waals surface area contributed by atoms with Crippen LogP contribution in [0.5, 0.6) is 0 Å². The van der Waals surface area contributed by atoms with E-state index < -0.39 is 11.6 Å². The molecule has 2 rings (SSSR count). The van der Waals surface area contributed by atoms with E-state index in [0.717, 1.165) is 11.1 Å². The Kier molecular flexibility index (Phi) is 8.12.